The minimum atomic E-state index is -0.00374. The number of unbranched alkanes of at least 4 members (excludes halogenated alkanes) is 1. The lowest BCUT2D eigenvalue weighted by Crippen LogP contribution is -2.25. The molecule has 78 valence electrons. The first-order valence-corrected chi connectivity index (χ1v) is 5.29. The molecule has 1 heterocycles. The van der Waals surface area contributed by atoms with Gasteiger partial charge < -0.3 is 9.88 Å². The average Bonchev–Trinajstić information content (AvgIpc) is 2.69. The SMILES string of the molecule is O=C(CS)NCCCCn1ccnc1. The number of amides is 1. The Morgan fingerprint density at radius 2 is 2.36 bits per heavy atom. The van der Waals surface area contributed by atoms with Crippen molar-refractivity contribution in [2.45, 2.75) is 19.4 Å². The third-order valence-corrected chi connectivity index (χ3v) is 2.16. The van der Waals surface area contributed by atoms with Crippen LogP contribution in [0.25, 0.3) is 0 Å². The van der Waals surface area contributed by atoms with Crippen molar-refractivity contribution in [2.24, 2.45) is 0 Å². The van der Waals surface area contributed by atoms with E-state index >= 15 is 0 Å². The van der Waals surface area contributed by atoms with Crippen molar-refractivity contribution in [1.29, 1.82) is 0 Å². The molecule has 1 rings (SSSR count). The predicted molar refractivity (Wildman–Crippen MR) is 58.3 cm³/mol. The standard InChI is InChI=1S/C9H15N3OS/c13-9(7-14)11-3-1-2-5-12-6-4-10-8-12/h4,6,8,14H,1-3,5,7H2,(H,11,13). The summed E-state index contributed by atoms with van der Waals surface area (Å²) in [6.45, 7) is 1.69. The fraction of sp³-hybridized carbons (Fsp3) is 0.556. The Bertz CT molecular complexity index is 261. The van der Waals surface area contributed by atoms with Gasteiger partial charge in [-0.25, -0.2) is 4.98 Å². The second-order valence-electron chi connectivity index (χ2n) is 3.02. The molecule has 0 bridgehead atoms. The first kappa shape index (κ1) is 11.1. The number of imidazole rings is 1. The van der Waals surface area contributed by atoms with Crippen molar-refractivity contribution >= 4 is 18.5 Å². The first-order valence-electron chi connectivity index (χ1n) is 4.66. The number of hydrogen-bond acceptors (Lipinski definition) is 3. The summed E-state index contributed by atoms with van der Waals surface area (Å²) in [4.78, 5) is 14.7. The fourth-order valence-corrected chi connectivity index (χ4v) is 1.23. The van der Waals surface area contributed by atoms with Crippen molar-refractivity contribution in [1.82, 2.24) is 14.9 Å². The molecule has 4 nitrogen and oxygen atoms in total. The van der Waals surface area contributed by atoms with Crippen molar-refractivity contribution in [2.75, 3.05) is 12.3 Å². The topological polar surface area (TPSA) is 46.9 Å². The number of thiol groups is 1. The van der Waals surface area contributed by atoms with Crippen molar-refractivity contribution < 1.29 is 4.79 Å². The molecular weight excluding hydrogens is 198 g/mol. The van der Waals surface area contributed by atoms with Crippen molar-refractivity contribution in [3.8, 4) is 0 Å². The third kappa shape index (κ3) is 4.32. The van der Waals surface area contributed by atoms with Crippen LogP contribution in [-0.2, 0) is 11.3 Å². The number of carbonyl (C=O) groups is 1. The Morgan fingerprint density at radius 1 is 1.50 bits per heavy atom. The monoisotopic (exact) mass is 213 g/mol. The molecule has 0 aliphatic carbocycles. The Kier molecular flexibility index (Phi) is 5.14. The lowest BCUT2D eigenvalue weighted by atomic mass is 10.3. The zero-order valence-electron chi connectivity index (χ0n) is 8.02. The van der Waals surface area contributed by atoms with Crippen LogP contribution in [0.3, 0.4) is 0 Å². The molecule has 0 aliphatic heterocycles. The zero-order chi connectivity index (χ0) is 10.2. The van der Waals surface area contributed by atoms with Crippen LogP contribution in [0.15, 0.2) is 18.7 Å². The molecule has 1 aromatic heterocycles. The minimum absolute atomic E-state index is 0.00374. The number of aromatic nitrogens is 2. The number of rotatable bonds is 6. The van der Waals surface area contributed by atoms with E-state index in [1.165, 1.54) is 0 Å². The second kappa shape index (κ2) is 6.48. The summed E-state index contributed by atoms with van der Waals surface area (Å²) in [5, 5.41) is 2.77. The molecule has 1 N–H and O–H groups in total. The van der Waals surface area contributed by atoms with Gasteiger partial charge >= 0.3 is 0 Å². The summed E-state index contributed by atoms with van der Waals surface area (Å²) < 4.78 is 2.03. The van der Waals surface area contributed by atoms with Gasteiger partial charge in [0, 0.05) is 25.5 Å². The number of carbonyl (C=O) groups excluding carboxylic acids is 1. The van der Waals surface area contributed by atoms with E-state index in [0.29, 0.717) is 0 Å². The lowest BCUT2D eigenvalue weighted by molar-refractivity contribution is -0.118. The van der Waals surface area contributed by atoms with E-state index in [1.54, 1.807) is 12.5 Å². The van der Waals surface area contributed by atoms with Gasteiger partial charge in [0.25, 0.3) is 0 Å². The Labute approximate surface area is 89.1 Å². The summed E-state index contributed by atoms with van der Waals surface area (Å²) in [5.41, 5.74) is 0. The number of hydrogen-bond donors (Lipinski definition) is 2. The lowest BCUT2D eigenvalue weighted by Gasteiger charge is -2.03. The van der Waals surface area contributed by atoms with E-state index in [9.17, 15) is 4.79 Å². The van der Waals surface area contributed by atoms with Crippen LogP contribution in [0.2, 0.25) is 0 Å². The Hall–Kier alpha value is -0.970. The highest BCUT2D eigenvalue weighted by molar-refractivity contribution is 7.81. The normalized spacial score (nSPS) is 10.1. The second-order valence-corrected chi connectivity index (χ2v) is 3.33. The van der Waals surface area contributed by atoms with Gasteiger partial charge in [0.15, 0.2) is 0 Å². The number of nitrogens with zero attached hydrogens (tertiary/aromatic N) is 2. The van der Waals surface area contributed by atoms with Crippen LogP contribution in [0.5, 0.6) is 0 Å². The molecule has 0 saturated carbocycles. The van der Waals surface area contributed by atoms with E-state index in [4.69, 9.17) is 0 Å². The molecule has 0 aromatic carbocycles. The van der Waals surface area contributed by atoms with Gasteiger partial charge in [-0.2, -0.15) is 12.6 Å². The molecule has 0 unspecified atom stereocenters. The summed E-state index contributed by atoms with van der Waals surface area (Å²) in [6.07, 6.45) is 7.53. The van der Waals surface area contributed by atoms with Gasteiger partial charge in [-0.3, -0.25) is 4.79 Å². The fourth-order valence-electron chi connectivity index (χ4n) is 1.12. The highest BCUT2D eigenvalue weighted by atomic mass is 32.1. The van der Waals surface area contributed by atoms with Crippen molar-refractivity contribution in [3.05, 3.63) is 18.7 Å². The first-order chi connectivity index (χ1) is 6.83. The third-order valence-electron chi connectivity index (χ3n) is 1.87. The summed E-state index contributed by atoms with van der Waals surface area (Å²) in [7, 11) is 0. The molecule has 14 heavy (non-hydrogen) atoms. The summed E-state index contributed by atoms with van der Waals surface area (Å²) in [6, 6.07) is 0. The average molecular weight is 213 g/mol. The van der Waals surface area contributed by atoms with Gasteiger partial charge in [-0.15, -0.1) is 0 Å². The Balaban J connectivity index is 1.97. The maximum atomic E-state index is 10.8. The molecule has 0 radical (unpaired) electrons. The van der Waals surface area contributed by atoms with Gasteiger partial charge in [-0.1, -0.05) is 0 Å². The molecular formula is C9H15N3OS. The maximum Gasteiger partial charge on any atom is 0.229 e. The summed E-state index contributed by atoms with van der Waals surface area (Å²) >= 11 is 3.86. The maximum absolute atomic E-state index is 10.8. The highest BCUT2D eigenvalue weighted by Gasteiger charge is 1.95. The van der Waals surface area contributed by atoms with E-state index in [1.807, 2.05) is 10.8 Å². The van der Waals surface area contributed by atoms with Crippen LogP contribution in [0, 0.1) is 0 Å². The molecule has 1 aromatic rings. The molecule has 0 spiro atoms. The molecule has 1 amide bonds. The van der Waals surface area contributed by atoms with Crippen LogP contribution < -0.4 is 5.32 Å². The van der Waals surface area contributed by atoms with Crippen LogP contribution in [0.4, 0.5) is 0 Å². The smallest absolute Gasteiger partial charge is 0.229 e. The predicted octanol–water partition coefficient (Wildman–Crippen LogP) is 0.709. The zero-order valence-corrected chi connectivity index (χ0v) is 8.91. The number of nitrogens with one attached hydrogen (secondary N) is 1. The van der Waals surface area contributed by atoms with E-state index in [0.717, 1.165) is 25.9 Å². The van der Waals surface area contributed by atoms with Crippen LogP contribution in [-0.4, -0.2) is 27.8 Å². The molecule has 0 saturated heterocycles. The van der Waals surface area contributed by atoms with Crippen molar-refractivity contribution in [3.63, 3.8) is 0 Å². The van der Waals surface area contributed by atoms with Gasteiger partial charge in [0.1, 0.15) is 0 Å². The van der Waals surface area contributed by atoms with E-state index in [2.05, 4.69) is 22.9 Å². The minimum Gasteiger partial charge on any atom is -0.355 e. The summed E-state index contributed by atoms with van der Waals surface area (Å²) in [5.74, 6) is 0.262. The van der Waals surface area contributed by atoms with Gasteiger partial charge in [-0.05, 0) is 12.8 Å². The molecule has 0 aliphatic rings. The molecule has 0 atom stereocenters. The quantitative estimate of drug-likeness (QED) is 0.540. The van der Waals surface area contributed by atoms with E-state index < -0.39 is 0 Å². The molecule has 0 fully saturated rings. The van der Waals surface area contributed by atoms with Gasteiger partial charge in [0.05, 0.1) is 12.1 Å². The molecule has 5 heteroatoms. The Morgan fingerprint density at radius 3 is 3.00 bits per heavy atom. The van der Waals surface area contributed by atoms with Crippen LogP contribution in [0.1, 0.15) is 12.8 Å². The highest BCUT2D eigenvalue weighted by Crippen LogP contribution is 1.93. The largest absolute Gasteiger partial charge is 0.355 e. The van der Waals surface area contributed by atoms with Crippen LogP contribution >= 0.6 is 12.6 Å². The number of aryl methyl sites for hydroxylation is 1. The van der Waals surface area contributed by atoms with E-state index in [-0.39, 0.29) is 11.7 Å². The van der Waals surface area contributed by atoms with Gasteiger partial charge in [0.2, 0.25) is 5.91 Å².